The Morgan fingerprint density at radius 2 is 2.33 bits per heavy atom. The molecule has 1 heterocycles. The molecule has 1 unspecified atom stereocenters. The predicted octanol–water partition coefficient (Wildman–Crippen LogP) is 2.40. The van der Waals surface area contributed by atoms with Crippen molar-refractivity contribution >= 4 is 17.3 Å². The normalized spacial score (nSPS) is 18.4. The van der Waals surface area contributed by atoms with Gasteiger partial charge < -0.3 is 10.2 Å². The number of nitro benzene ring substituents is 1. The molecule has 6 nitrogen and oxygen atoms in total. The summed E-state index contributed by atoms with van der Waals surface area (Å²) in [4.78, 5) is 23.7. The molecule has 7 heteroatoms. The summed E-state index contributed by atoms with van der Waals surface area (Å²) in [6, 6.07) is 3.50. The van der Waals surface area contributed by atoms with E-state index in [1.165, 1.54) is 6.07 Å². The van der Waals surface area contributed by atoms with Crippen LogP contribution in [0.4, 0.5) is 15.8 Å². The molecule has 1 N–H and O–H groups in total. The molecule has 0 aromatic heterocycles. The topological polar surface area (TPSA) is 75.5 Å². The number of nitro groups is 1. The second-order valence-electron chi connectivity index (χ2n) is 5.36. The molecule has 0 radical (unpaired) electrons. The van der Waals surface area contributed by atoms with Gasteiger partial charge in [0.2, 0.25) is 11.7 Å². The number of benzene rings is 1. The minimum atomic E-state index is -0.887. The van der Waals surface area contributed by atoms with Gasteiger partial charge in [-0.1, -0.05) is 6.92 Å². The SMILES string of the molecule is CC1CCCN(C(=O)CNc2ccc(F)c([N+](=O)[O-])c2)C1. The largest absolute Gasteiger partial charge is 0.376 e. The van der Waals surface area contributed by atoms with Gasteiger partial charge in [0.15, 0.2) is 0 Å². The summed E-state index contributed by atoms with van der Waals surface area (Å²) in [5, 5.41) is 13.5. The smallest absolute Gasteiger partial charge is 0.306 e. The van der Waals surface area contributed by atoms with Crippen LogP contribution in [0.1, 0.15) is 19.8 Å². The zero-order chi connectivity index (χ0) is 15.4. The third-order valence-electron chi connectivity index (χ3n) is 3.60. The Bertz CT molecular complexity index is 550. The first-order chi connectivity index (χ1) is 9.97. The molecule has 114 valence electrons. The number of halogens is 1. The summed E-state index contributed by atoms with van der Waals surface area (Å²) in [6.45, 7) is 3.64. The number of nitrogens with one attached hydrogen (secondary N) is 1. The molecule has 21 heavy (non-hydrogen) atoms. The second kappa shape index (κ2) is 6.51. The number of piperidine rings is 1. The maximum absolute atomic E-state index is 13.2. The minimum absolute atomic E-state index is 0.0477. The van der Waals surface area contributed by atoms with Crippen LogP contribution in [-0.2, 0) is 4.79 Å². The average Bonchev–Trinajstić information content (AvgIpc) is 2.45. The van der Waals surface area contributed by atoms with E-state index in [0.717, 1.165) is 38.1 Å². The molecule has 0 bridgehead atoms. The van der Waals surface area contributed by atoms with E-state index >= 15 is 0 Å². The van der Waals surface area contributed by atoms with Gasteiger partial charge in [-0.05, 0) is 30.9 Å². The standard InChI is InChI=1S/C14H18FN3O3/c1-10-3-2-6-17(9-10)14(19)8-16-11-4-5-12(15)13(7-11)18(20)21/h4-5,7,10,16H,2-3,6,8-9H2,1H3. The van der Waals surface area contributed by atoms with Crippen molar-refractivity contribution in [2.24, 2.45) is 5.92 Å². The molecular formula is C14H18FN3O3. The average molecular weight is 295 g/mol. The Labute approximate surface area is 122 Å². The number of amides is 1. The van der Waals surface area contributed by atoms with Crippen LogP contribution < -0.4 is 5.32 Å². The summed E-state index contributed by atoms with van der Waals surface area (Å²) < 4.78 is 13.2. The summed E-state index contributed by atoms with van der Waals surface area (Å²) in [5.74, 6) is -0.440. The molecule has 1 amide bonds. The third kappa shape index (κ3) is 3.90. The van der Waals surface area contributed by atoms with Gasteiger partial charge in [0.25, 0.3) is 0 Å². The van der Waals surface area contributed by atoms with E-state index in [1.807, 2.05) is 0 Å². The van der Waals surface area contributed by atoms with Crippen molar-refractivity contribution in [2.45, 2.75) is 19.8 Å². The van der Waals surface area contributed by atoms with Crippen LogP contribution in [0.2, 0.25) is 0 Å². The number of hydrogen-bond acceptors (Lipinski definition) is 4. The summed E-state index contributed by atoms with van der Waals surface area (Å²) >= 11 is 0. The fourth-order valence-corrected chi connectivity index (χ4v) is 2.47. The van der Waals surface area contributed by atoms with Gasteiger partial charge in [0.05, 0.1) is 11.5 Å². The monoisotopic (exact) mass is 295 g/mol. The number of rotatable bonds is 4. The summed E-state index contributed by atoms with van der Waals surface area (Å²) in [7, 11) is 0. The first-order valence-corrected chi connectivity index (χ1v) is 6.93. The lowest BCUT2D eigenvalue weighted by atomic mass is 10.0. The van der Waals surface area contributed by atoms with Crippen molar-refractivity contribution in [1.82, 2.24) is 4.90 Å². The molecule has 1 aromatic carbocycles. The van der Waals surface area contributed by atoms with Gasteiger partial charge >= 0.3 is 5.69 Å². The van der Waals surface area contributed by atoms with Gasteiger partial charge in [0.1, 0.15) is 0 Å². The molecule has 1 aliphatic heterocycles. The Morgan fingerprint density at radius 3 is 3.00 bits per heavy atom. The Kier molecular flexibility index (Phi) is 4.72. The van der Waals surface area contributed by atoms with Crippen LogP contribution in [0.25, 0.3) is 0 Å². The maximum atomic E-state index is 13.2. The van der Waals surface area contributed by atoms with Crippen LogP contribution in [0, 0.1) is 21.8 Å². The highest BCUT2D eigenvalue weighted by Gasteiger charge is 2.21. The van der Waals surface area contributed by atoms with Crippen molar-refractivity contribution in [3.63, 3.8) is 0 Å². The van der Waals surface area contributed by atoms with Crippen LogP contribution in [-0.4, -0.2) is 35.4 Å². The molecule has 1 saturated heterocycles. The van der Waals surface area contributed by atoms with Crippen LogP contribution in [0.5, 0.6) is 0 Å². The first kappa shape index (κ1) is 15.2. The second-order valence-corrected chi connectivity index (χ2v) is 5.36. The first-order valence-electron chi connectivity index (χ1n) is 6.93. The summed E-state index contributed by atoms with van der Waals surface area (Å²) in [6.07, 6.45) is 2.12. The predicted molar refractivity (Wildman–Crippen MR) is 76.5 cm³/mol. The van der Waals surface area contributed by atoms with Crippen molar-refractivity contribution < 1.29 is 14.1 Å². The Balaban J connectivity index is 1.95. The van der Waals surface area contributed by atoms with Crippen molar-refractivity contribution in [3.8, 4) is 0 Å². The van der Waals surface area contributed by atoms with Crippen LogP contribution >= 0.6 is 0 Å². The van der Waals surface area contributed by atoms with E-state index in [1.54, 1.807) is 4.90 Å². The summed E-state index contributed by atoms with van der Waals surface area (Å²) in [5.41, 5.74) is -0.236. The number of likely N-dealkylation sites (tertiary alicyclic amines) is 1. The van der Waals surface area contributed by atoms with Gasteiger partial charge in [-0.2, -0.15) is 4.39 Å². The Morgan fingerprint density at radius 1 is 1.57 bits per heavy atom. The van der Waals surface area contributed by atoms with E-state index in [2.05, 4.69) is 12.2 Å². The highest BCUT2D eigenvalue weighted by atomic mass is 19.1. The van der Waals surface area contributed by atoms with Crippen LogP contribution in [0.15, 0.2) is 18.2 Å². The van der Waals surface area contributed by atoms with Gasteiger partial charge in [-0.25, -0.2) is 0 Å². The lowest BCUT2D eigenvalue weighted by Gasteiger charge is -2.31. The van der Waals surface area contributed by atoms with Crippen LogP contribution in [0.3, 0.4) is 0 Å². The number of anilines is 1. The van der Waals surface area contributed by atoms with Gasteiger partial charge in [0, 0.05) is 24.8 Å². The number of carbonyl (C=O) groups is 1. The fourth-order valence-electron chi connectivity index (χ4n) is 2.47. The maximum Gasteiger partial charge on any atom is 0.306 e. The zero-order valence-electron chi connectivity index (χ0n) is 11.8. The molecule has 2 rings (SSSR count). The molecule has 1 fully saturated rings. The fraction of sp³-hybridized carbons (Fsp3) is 0.500. The molecule has 1 atom stereocenters. The van der Waals surface area contributed by atoms with E-state index in [9.17, 15) is 19.3 Å². The molecule has 0 aliphatic carbocycles. The number of nitrogens with zero attached hydrogens (tertiary/aromatic N) is 2. The lowest BCUT2D eigenvalue weighted by Crippen LogP contribution is -2.41. The minimum Gasteiger partial charge on any atom is -0.376 e. The quantitative estimate of drug-likeness (QED) is 0.683. The number of carbonyl (C=O) groups excluding carboxylic acids is 1. The molecule has 0 saturated carbocycles. The molecule has 1 aliphatic rings. The molecule has 1 aromatic rings. The van der Waals surface area contributed by atoms with Gasteiger partial charge in [-0.3, -0.25) is 14.9 Å². The van der Waals surface area contributed by atoms with Crippen molar-refractivity contribution in [1.29, 1.82) is 0 Å². The third-order valence-corrected chi connectivity index (χ3v) is 3.60. The van der Waals surface area contributed by atoms with Crippen molar-refractivity contribution in [2.75, 3.05) is 25.0 Å². The number of hydrogen-bond donors (Lipinski definition) is 1. The molecule has 0 spiro atoms. The lowest BCUT2D eigenvalue weighted by molar-refractivity contribution is -0.387. The van der Waals surface area contributed by atoms with Crippen molar-refractivity contribution in [3.05, 3.63) is 34.1 Å². The highest BCUT2D eigenvalue weighted by molar-refractivity contribution is 5.81. The van der Waals surface area contributed by atoms with E-state index in [4.69, 9.17) is 0 Å². The van der Waals surface area contributed by atoms with E-state index < -0.39 is 16.4 Å². The molecular weight excluding hydrogens is 277 g/mol. The van der Waals surface area contributed by atoms with Gasteiger partial charge in [-0.15, -0.1) is 0 Å². The van der Waals surface area contributed by atoms with E-state index in [-0.39, 0.29) is 12.5 Å². The highest BCUT2D eigenvalue weighted by Crippen LogP contribution is 2.21. The van der Waals surface area contributed by atoms with E-state index in [0.29, 0.717) is 11.6 Å². The Hall–Kier alpha value is -2.18. The zero-order valence-corrected chi connectivity index (χ0v) is 11.8.